The number of carbonyl (C=O) groups is 1. The Morgan fingerprint density at radius 2 is 1.88 bits per heavy atom. The van der Waals surface area contributed by atoms with Gasteiger partial charge in [-0.25, -0.2) is 8.42 Å². The van der Waals surface area contributed by atoms with Crippen LogP contribution in [0.3, 0.4) is 0 Å². The Morgan fingerprint density at radius 3 is 2.47 bits per heavy atom. The maximum atomic E-state index is 12.8. The molecule has 174 valence electrons. The van der Waals surface area contributed by atoms with Crippen molar-refractivity contribution in [3.05, 3.63) is 64.6 Å². The molecular weight excluding hydrogens is 436 g/mol. The number of nitrogens with zero attached hydrogens (tertiary/aromatic N) is 2. The van der Waals surface area contributed by atoms with Crippen LogP contribution in [0.15, 0.2) is 57.8 Å². The smallest absolute Gasteiger partial charge is 0.275 e. The molecule has 6 N–H and O–H groups in total. The lowest BCUT2D eigenvalue weighted by Gasteiger charge is -2.13. The number of hydrogen-bond acceptors (Lipinski definition) is 6. The van der Waals surface area contributed by atoms with Crippen LogP contribution in [-0.4, -0.2) is 38.0 Å². The summed E-state index contributed by atoms with van der Waals surface area (Å²) >= 11 is 0. The summed E-state index contributed by atoms with van der Waals surface area (Å²) < 4.78 is 28.7. The number of benzene rings is 1. The summed E-state index contributed by atoms with van der Waals surface area (Å²) in [5.41, 5.74) is 10.6. The van der Waals surface area contributed by atoms with E-state index in [4.69, 9.17) is 16.3 Å². The van der Waals surface area contributed by atoms with Crippen molar-refractivity contribution in [1.82, 2.24) is 9.88 Å². The number of aryl methyl sites for hydroxylation is 1. The van der Waals surface area contributed by atoms with Crippen LogP contribution >= 0.6 is 0 Å². The molecule has 0 aliphatic carbocycles. The van der Waals surface area contributed by atoms with Crippen LogP contribution in [0.2, 0.25) is 0 Å². The molecule has 0 aliphatic rings. The van der Waals surface area contributed by atoms with Crippen LogP contribution in [0, 0.1) is 6.92 Å². The van der Waals surface area contributed by atoms with E-state index in [2.05, 4.69) is 21.8 Å². The molecule has 1 amide bonds. The maximum Gasteiger partial charge on any atom is 0.275 e. The van der Waals surface area contributed by atoms with Gasteiger partial charge in [0.05, 0.1) is 11.4 Å². The molecule has 0 saturated carbocycles. The highest BCUT2D eigenvalue weighted by Crippen LogP contribution is 2.15. The zero-order valence-electron chi connectivity index (χ0n) is 16.9. The number of pyridine rings is 1. The van der Waals surface area contributed by atoms with Crippen molar-refractivity contribution in [1.29, 1.82) is 0 Å². The third-order valence-electron chi connectivity index (χ3n) is 4.05. The molecular formula is C20H28N6O5S. The molecule has 0 radical (unpaired) electrons. The van der Waals surface area contributed by atoms with Crippen LogP contribution in [0.5, 0.6) is 0 Å². The van der Waals surface area contributed by atoms with Crippen molar-refractivity contribution in [3.63, 3.8) is 0 Å². The predicted molar refractivity (Wildman–Crippen MR) is 124 cm³/mol. The van der Waals surface area contributed by atoms with Gasteiger partial charge >= 0.3 is 0 Å². The largest absolute Gasteiger partial charge is 0.391 e. The summed E-state index contributed by atoms with van der Waals surface area (Å²) in [5, 5.41) is 5.85. The molecule has 11 nitrogen and oxygen atoms in total. The molecule has 0 atom stereocenters. The summed E-state index contributed by atoms with van der Waals surface area (Å²) in [6.45, 7) is 5.07. The first-order valence-electron chi connectivity index (χ1n) is 9.07. The van der Waals surface area contributed by atoms with Crippen molar-refractivity contribution < 1.29 is 18.0 Å². The van der Waals surface area contributed by atoms with Gasteiger partial charge in [-0.2, -0.15) is 0 Å². The van der Waals surface area contributed by atoms with E-state index in [1.165, 1.54) is 24.3 Å². The first kappa shape index (κ1) is 26.2. The highest BCUT2D eigenvalue weighted by atomic mass is 32.2. The Labute approximate surface area is 186 Å². The Kier molecular flexibility index (Phi) is 9.47. The van der Waals surface area contributed by atoms with Crippen LogP contribution in [0.4, 0.5) is 5.69 Å². The standard InChI is InChI=1S/C19H24N6O5S.CH4/c1-3-14-5-7-15(8-6-14)31(28,29)24-16-9-4-13(2)25(18(16)27)12-17(26)22-10-11-30-23-19(20)21;/h3-9,24H,1,10-12H2,2H3,(H,22,26)(H4,20,21,23);1H4. The lowest BCUT2D eigenvalue weighted by atomic mass is 10.2. The van der Waals surface area contributed by atoms with Crippen LogP contribution in [0.1, 0.15) is 18.7 Å². The lowest BCUT2D eigenvalue weighted by molar-refractivity contribution is -0.122. The van der Waals surface area contributed by atoms with E-state index in [9.17, 15) is 18.0 Å². The minimum Gasteiger partial charge on any atom is -0.391 e. The molecule has 0 bridgehead atoms. The second-order valence-electron chi connectivity index (χ2n) is 6.36. The van der Waals surface area contributed by atoms with E-state index in [0.29, 0.717) is 5.69 Å². The molecule has 0 fully saturated rings. The molecule has 0 spiro atoms. The molecule has 0 saturated heterocycles. The summed E-state index contributed by atoms with van der Waals surface area (Å²) in [4.78, 5) is 29.6. The molecule has 32 heavy (non-hydrogen) atoms. The Balaban J connectivity index is 0.00000512. The molecule has 1 aromatic heterocycles. The number of nitrogens with one attached hydrogen (secondary N) is 2. The summed E-state index contributed by atoms with van der Waals surface area (Å²) in [6, 6.07) is 8.89. The van der Waals surface area contributed by atoms with Gasteiger partial charge in [0.15, 0.2) is 0 Å². The predicted octanol–water partition coefficient (Wildman–Crippen LogP) is 0.558. The average molecular weight is 465 g/mol. The SMILES string of the molecule is C.C=Cc1ccc(S(=O)(=O)Nc2ccc(C)n(CC(=O)NCCON=C(N)N)c2=O)cc1. The van der Waals surface area contributed by atoms with Gasteiger partial charge < -0.3 is 26.2 Å². The monoisotopic (exact) mass is 464 g/mol. The third kappa shape index (κ3) is 7.16. The first-order valence-corrected chi connectivity index (χ1v) is 10.6. The second-order valence-corrected chi connectivity index (χ2v) is 8.04. The average Bonchev–Trinajstić information content (AvgIpc) is 2.72. The number of oxime groups is 1. The molecule has 0 aliphatic heterocycles. The van der Waals surface area contributed by atoms with Crippen molar-refractivity contribution in [2.75, 3.05) is 17.9 Å². The number of nitrogens with two attached hydrogens (primary N) is 2. The van der Waals surface area contributed by atoms with Gasteiger partial charge in [-0.15, -0.1) is 0 Å². The Morgan fingerprint density at radius 1 is 1.22 bits per heavy atom. The quantitative estimate of drug-likeness (QED) is 0.172. The highest BCUT2D eigenvalue weighted by Gasteiger charge is 2.18. The molecule has 12 heteroatoms. The van der Waals surface area contributed by atoms with E-state index in [1.54, 1.807) is 25.1 Å². The maximum absolute atomic E-state index is 12.8. The molecule has 2 aromatic rings. The fourth-order valence-corrected chi connectivity index (χ4v) is 3.54. The first-order chi connectivity index (χ1) is 14.6. The summed E-state index contributed by atoms with van der Waals surface area (Å²) in [5.74, 6) is -0.719. The van der Waals surface area contributed by atoms with Crippen LogP contribution < -0.4 is 27.1 Å². The minimum absolute atomic E-state index is 0. The fourth-order valence-electron chi connectivity index (χ4n) is 2.49. The normalized spacial score (nSPS) is 10.4. The Hall–Kier alpha value is -3.80. The van der Waals surface area contributed by atoms with E-state index in [1.807, 2.05) is 0 Å². The van der Waals surface area contributed by atoms with Gasteiger partial charge in [0.1, 0.15) is 18.8 Å². The van der Waals surface area contributed by atoms with Gasteiger partial charge in [-0.3, -0.25) is 14.3 Å². The van der Waals surface area contributed by atoms with Gasteiger partial charge in [-0.05, 0) is 41.9 Å². The zero-order chi connectivity index (χ0) is 23.0. The van der Waals surface area contributed by atoms with Crippen molar-refractivity contribution >= 4 is 33.7 Å². The van der Waals surface area contributed by atoms with Crippen molar-refractivity contribution in [2.45, 2.75) is 25.8 Å². The number of aromatic nitrogens is 1. The number of hydrogen-bond donors (Lipinski definition) is 4. The van der Waals surface area contributed by atoms with Crippen molar-refractivity contribution in [3.8, 4) is 0 Å². The minimum atomic E-state index is -3.99. The summed E-state index contributed by atoms with van der Waals surface area (Å²) in [6.07, 6.45) is 1.58. The number of amides is 1. The molecule has 1 heterocycles. The Bertz CT molecular complexity index is 1140. The number of anilines is 1. The van der Waals surface area contributed by atoms with E-state index in [-0.39, 0.29) is 43.7 Å². The summed E-state index contributed by atoms with van der Waals surface area (Å²) in [7, 11) is -3.99. The third-order valence-corrected chi connectivity index (χ3v) is 5.43. The number of sulfonamides is 1. The van der Waals surface area contributed by atoms with Gasteiger partial charge in [0.2, 0.25) is 11.9 Å². The van der Waals surface area contributed by atoms with Crippen molar-refractivity contribution in [2.24, 2.45) is 16.6 Å². The number of rotatable bonds is 10. The zero-order valence-corrected chi connectivity index (χ0v) is 17.7. The van der Waals surface area contributed by atoms with Gasteiger partial charge in [-0.1, -0.05) is 32.2 Å². The number of carbonyl (C=O) groups excluding carboxylic acids is 1. The number of guanidine groups is 1. The van der Waals surface area contributed by atoms with E-state index < -0.39 is 21.5 Å². The molecule has 0 unspecified atom stereocenters. The van der Waals surface area contributed by atoms with Crippen LogP contribution in [0.25, 0.3) is 6.08 Å². The van der Waals surface area contributed by atoms with Gasteiger partial charge in [0, 0.05) is 5.69 Å². The fraction of sp³-hybridized carbons (Fsp3) is 0.250. The van der Waals surface area contributed by atoms with Gasteiger partial charge in [0.25, 0.3) is 15.6 Å². The lowest BCUT2D eigenvalue weighted by Crippen LogP contribution is -2.36. The van der Waals surface area contributed by atoms with E-state index >= 15 is 0 Å². The van der Waals surface area contributed by atoms with Crippen LogP contribution in [-0.2, 0) is 26.2 Å². The second kappa shape index (κ2) is 11.6. The molecule has 2 rings (SSSR count). The van der Waals surface area contributed by atoms with E-state index in [0.717, 1.165) is 10.1 Å². The topological polar surface area (TPSA) is 171 Å². The molecule has 1 aromatic carbocycles. The highest BCUT2D eigenvalue weighted by molar-refractivity contribution is 7.92.